The molecule has 0 bridgehead atoms. The summed E-state index contributed by atoms with van der Waals surface area (Å²) in [7, 11) is 0. The van der Waals surface area contributed by atoms with Gasteiger partial charge in [0.2, 0.25) is 11.8 Å². The lowest BCUT2D eigenvalue weighted by Gasteiger charge is -2.32. The van der Waals surface area contributed by atoms with Crippen LogP contribution in [-0.4, -0.2) is 53.1 Å². The van der Waals surface area contributed by atoms with Crippen LogP contribution in [0.5, 0.6) is 0 Å². The number of rotatable bonds is 7. The molecule has 0 radical (unpaired) electrons. The molecule has 0 saturated carbocycles. The zero-order valence-electron chi connectivity index (χ0n) is 17.7. The van der Waals surface area contributed by atoms with Crippen molar-refractivity contribution in [3.05, 3.63) is 48.0 Å². The van der Waals surface area contributed by atoms with Crippen molar-refractivity contribution in [1.82, 2.24) is 10.2 Å². The molecule has 2 N–H and O–H groups in total. The third-order valence-corrected chi connectivity index (χ3v) is 6.08. The fourth-order valence-corrected chi connectivity index (χ4v) is 4.59. The summed E-state index contributed by atoms with van der Waals surface area (Å²) in [5.74, 6) is -2.94. The van der Waals surface area contributed by atoms with Gasteiger partial charge in [0.15, 0.2) is 0 Å². The molecule has 2 aliphatic rings. The normalized spacial score (nSPS) is 28.7. The van der Waals surface area contributed by atoms with Gasteiger partial charge in [0, 0.05) is 12.5 Å². The van der Waals surface area contributed by atoms with Crippen LogP contribution < -0.4 is 5.32 Å². The highest BCUT2D eigenvalue weighted by Crippen LogP contribution is 2.45. The van der Waals surface area contributed by atoms with Crippen molar-refractivity contribution in [3.8, 4) is 0 Å². The minimum Gasteiger partial charge on any atom is -0.466 e. The van der Waals surface area contributed by atoms with E-state index in [9.17, 15) is 19.5 Å². The lowest BCUT2D eigenvalue weighted by molar-refractivity contribution is -0.155. The van der Waals surface area contributed by atoms with E-state index in [-0.39, 0.29) is 30.9 Å². The lowest BCUT2D eigenvalue weighted by Crippen LogP contribution is -2.51. The van der Waals surface area contributed by atoms with Crippen molar-refractivity contribution in [1.29, 1.82) is 0 Å². The molecule has 6 atom stereocenters. The average molecular weight is 415 g/mol. The Balaban J connectivity index is 1.90. The van der Waals surface area contributed by atoms with Crippen LogP contribution in [-0.2, 0) is 25.7 Å². The van der Waals surface area contributed by atoms with E-state index >= 15 is 0 Å². The average Bonchev–Trinajstić information content (AvgIpc) is 3.04. The molecular weight excluding hydrogens is 384 g/mol. The Labute approximate surface area is 177 Å². The van der Waals surface area contributed by atoms with Crippen LogP contribution >= 0.6 is 0 Å². The van der Waals surface area contributed by atoms with Gasteiger partial charge >= 0.3 is 5.97 Å². The summed E-state index contributed by atoms with van der Waals surface area (Å²) in [4.78, 5) is 40.7. The van der Waals surface area contributed by atoms with Crippen LogP contribution in [0.1, 0.15) is 26.3 Å². The second kappa shape index (κ2) is 9.43. The molecular formula is C23H30N2O5. The van der Waals surface area contributed by atoms with Crippen molar-refractivity contribution in [2.75, 3.05) is 13.2 Å². The van der Waals surface area contributed by atoms with Crippen LogP contribution in [0.2, 0.25) is 0 Å². The zero-order valence-corrected chi connectivity index (χ0v) is 17.7. The van der Waals surface area contributed by atoms with Gasteiger partial charge in [-0.1, -0.05) is 49.4 Å². The molecule has 30 heavy (non-hydrogen) atoms. The molecule has 1 aromatic carbocycles. The minimum absolute atomic E-state index is 0.174. The fraction of sp³-hybridized carbons (Fsp3) is 0.522. The number of nitrogens with zero attached hydrogens (tertiary/aromatic N) is 1. The Bertz CT molecular complexity index is 809. The molecule has 1 aliphatic carbocycles. The van der Waals surface area contributed by atoms with Gasteiger partial charge in [-0.3, -0.25) is 14.4 Å². The maximum absolute atomic E-state index is 13.4. The van der Waals surface area contributed by atoms with Crippen LogP contribution in [0, 0.1) is 23.7 Å². The minimum atomic E-state index is -0.783. The van der Waals surface area contributed by atoms with E-state index in [1.807, 2.05) is 49.4 Å². The highest BCUT2D eigenvalue weighted by molar-refractivity contribution is 5.96. The van der Waals surface area contributed by atoms with E-state index in [1.54, 1.807) is 13.8 Å². The molecule has 1 heterocycles. The standard InChI is InChI=1S/C23H30N2O5/c1-4-30-23(29)18-14(2)10-11-17-19(18)22(28)25(15(3)13-26)20(17)21(27)24-12-16-8-6-5-7-9-16/h5-11,14-15,17-20,26H,4,12-13H2,1-3H3,(H,24,27)/t14-,15-,17+,18-,19+,20+/m1/s1. The van der Waals surface area contributed by atoms with E-state index in [0.717, 1.165) is 5.56 Å². The number of fused-ring (bicyclic) bond motifs is 1. The molecule has 0 aromatic heterocycles. The van der Waals surface area contributed by atoms with E-state index in [0.29, 0.717) is 6.54 Å². The molecule has 3 rings (SSSR count). The zero-order chi connectivity index (χ0) is 21.8. The number of hydrogen-bond acceptors (Lipinski definition) is 5. The number of benzene rings is 1. The third-order valence-electron chi connectivity index (χ3n) is 6.08. The van der Waals surface area contributed by atoms with Crippen LogP contribution in [0.15, 0.2) is 42.5 Å². The number of aliphatic hydroxyl groups excluding tert-OH is 1. The Morgan fingerprint density at radius 1 is 1.23 bits per heavy atom. The summed E-state index contributed by atoms with van der Waals surface area (Å²) in [5.41, 5.74) is 0.950. The number of likely N-dealkylation sites (tertiary alicyclic amines) is 1. The van der Waals surface area contributed by atoms with Crippen molar-refractivity contribution >= 4 is 17.8 Å². The summed E-state index contributed by atoms with van der Waals surface area (Å²) < 4.78 is 5.24. The number of esters is 1. The second-order valence-electron chi connectivity index (χ2n) is 8.05. The number of carbonyl (C=O) groups excluding carboxylic acids is 3. The van der Waals surface area contributed by atoms with Crippen LogP contribution in [0.3, 0.4) is 0 Å². The molecule has 0 unspecified atom stereocenters. The lowest BCUT2D eigenvalue weighted by atomic mass is 9.70. The van der Waals surface area contributed by atoms with Gasteiger partial charge in [0.05, 0.1) is 31.1 Å². The van der Waals surface area contributed by atoms with E-state index in [2.05, 4.69) is 5.32 Å². The highest BCUT2D eigenvalue weighted by Gasteiger charge is 2.57. The quantitative estimate of drug-likeness (QED) is 0.521. The molecule has 1 fully saturated rings. The van der Waals surface area contributed by atoms with Crippen molar-refractivity contribution < 1.29 is 24.2 Å². The van der Waals surface area contributed by atoms with Crippen molar-refractivity contribution in [2.24, 2.45) is 23.7 Å². The number of allylic oxidation sites excluding steroid dienone is 1. The van der Waals surface area contributed by atoms with Crippen LogP contribution in [0.25, 0.3) is 0 Å². The van der Waals surface area contributed by atoms with Gasteiger partial charge < -0.3 is 20.1 Å². The van der Waals surface area contributed by atoms with Gasteiger partial charge in [-0.25, -0.2) is 0 Å². The maximum atomic E-state index is 13.4. The summed E-state index contributed by atoms with van der Waals surface area (Å²) in [6.07, 6.45) is 3.76. The van der Waals surface area contributed by atoms with E-state index < -0.39 is 35.8 Å². The fourth-order valence-electron chi connectivity index (χ4n) is 4.59. The molecule has 1 saturated heterocycles. The Kier molecular flexibility index (Phi) is 6.92. The van der Waals surface area contributed by atoms with Gasteiger partial charge in [-0.15, -0.1) is 0 Å². The number of nitrogens with one attached hydrogen (secondary N) is 1. The van der Waals surface area contributed by atoms with Crippen molar-refractivity contribution in [3.63, 3.8) is 0 Å². The number of carbonyl (C=O) groups is 3. The predicted octanol–water partition coefficient (Wildman–Crippen LogP) is 1.51. The first kappa shape index (κ1) is 22.0. The smallest absolute Gasteiger partial charge is 0.310 e. The molecule has 2 amide bonds. The first-order valence-corrected chi connectivity index (χ1v) is 10.5. The molecule has 162 valence electrons. The predicted molar refractivity (Wildman–Crippen MR) is 111 cm³/mol. The summed E-state index contributed by atoms with van der Waals surface area (Å²) in [6.45, 7) is 5.62. The Morgan fingerprint density at radius 3 is 2.57 bits per heavy atom. The topological polar surface area (TPSA) is 95.9 Å². The van der Waals surface area contributed by atoms with Gasteiger partial charge in [0.25, 0.3) is 0 Å². The third kappa shape index (κ3) is 4.12. The van der Waals surface area contributed by atoms with Crippen molar-refractivity contribution in [2.45, 2.75) is 39.4 Å². The highest BCUT2D eigenvalue weighted by atomic mass is 16.5. The van der Waals surface area contributed by atoms with Crippen LogP contribution in [0.4, 0.5) is 0 Å². The maximum Gasteiger partial charge on any atom is 0.310 e. The van der Waals surface area contributed by atoms with E-state index in [1.165, 1.54) is 4.90 Å². The first-order chi connectivity index (χ1) is 14.4. The summed E-state index contributed by atoms with van der Waals surface area (Å²) in [6, 6.07) is 8.19. The number of aliphatic hydroxyl groups is 1. The number of ether oxygens (including phenoxy) is 1. The molecule has 7 heteroatoms. The molecule has 1 aromatic rings. The summed E-state index contributed by atoms with van der Waals surface area (Å²) >= 11 is 0. The van der Waals surface area contributed by atoms with Gasteiger partial charge in [-0.05, 0) is 25.3 Å². The SMILES string of the molecule is CCOC(=O)[C@H]1[C@H]2C(=O)N([C@H](C)CO)[C@H](C(=O)NCc3ccccc3)[C@H]2C=C[C@H]1C. The Hall–Kier alpha value is -2.67. The molecule has 0 spiro atoms. The number of hydrogen-bond donors (Lipinski definition) is 2. The summed E-state index contributed by atoms with van der Waals surface area (Å²) in [5, 5.41) is 12.6. The largest absolute Gasteiger partial charge is 0.466 e. The van der Waals surface area contributed by atoms with Gasteiger partial charge in [0.1, 0.15) is 6.04 Å². The molecule has 1 aliphatic heterocycles. The monoisotopic (exact) mass is 414 g/mol. The Morgan fingerprint density at radius 2 is 1.93 bits per heavy atom. The number of amides is 2. The van der Waals surface area contributed by atoms with Gasteiger partial charge in [-0.2, -0.15) is 0 Å². The first-order valence-electron chi connectivity index (χ1n) is 10.5. The van der Waals surface area contributed by atoms with E-state index in [4.69, 9.17) is 4.74 Å². The molecule has 7 nitrogen and oxygen atoms in total. The second-order valence-corrected chi connectivity index (χ2v) is 8.05.